The van der Waals surface area contributed by atoms with Crippen LogP contribution in [0.25, 0.3) is 11.0 Å². The third-order valence-corrected chi connectivity index (χ3v) is 6.73. The maximum atomic E-state index is 12.9. The molecule has 0 saturated carbocycles. The predicted octanol–water partition coefficient (Wildman–Crippen LogP) is 0.887. The third kappa shape index (κ3) is 3.21. The number of benzene rings is 1. The Morgan fingerprint density at radius 2 is 2.00 bits per heavy atom. The van der Waals surface area contributed by atoms with Crippen LogP contribution in [-0.4, -0.2) is 70.5 Å². The molecule has 0 atom stereocenters. The van der Waals surface area contributed by atoms with Gasteiger partial charge in [0.1, 0.15) is 15.9 Å². The summed E-state index contributed by atoms with van der Waals surface area (Å²) in [6.45, 7) is 1.45. The fraction of sp³-hybridized carbons (Fsp3) is 0.462. The monoisotopic (exact) mass is 372 g/mol. The van der Waals surface area contributed by atoms with E-state index in [0.717, 1.165) is 11.7 Å². The van der Waals surface area contributed by atoms with E-state index in [9.17, 15) is 13.2 Å². The highest BCUT2D eigenvalue weighted by Crippen LogP contribution is 2.25. The molecule has 0 unspecified atom stereocenters. The maximum Gasteiger partial charge on any atom is 0.245 e. The minimum atomic E-state index is -3.63. The van der Waals surface area contributed by atoms with Crippen LogP contribution in [0.15, 0.2) is 23.1 Å². The molecule has 7 nitrogen and oxygen atoms in total. The minimum absolute atomic E-state index is 0.0559. The highest BCUT2D eigenvalue weighted by molar-refractivity contribution is 7.99. The predicted molar refractivity (Wildman–Crippen MR) is 91.1 cm³/mol. The summed E-state index contributed by atoms with van der Waals surface area (Å²) in [5.41, 5.74) is 1.00. The van der Waals surface area contributed by atoms with Gasteiger partial charge in [0.2, 0.25) is 15.9 Å². The van der Waals surface area contributed by atoms with Gasteiger partial charge in [-0.1, -0.05) is 6.07 Å². The first-order valence-electron chi connectivity index (χ1n) is 7.02. The summed E-state index contributed by atoms with van der Waals surface area (Å²) in [7, 11) is -3.63. The number of piperazine rings is 1. The Morgan fingerprint density at radius 1 is 1.26 bits per heavy atom. The number of rotatable bonds is 4. The van der Waals surface area contributed by atoms with Gasteiger partial charge in [0, 0.05) is 26.2 Å². The van der Waals surface area contributed by atoms with Crippen LogP contribution in [0.5, 0.6) is 0 Å². The van der Waals surface area contributed by atoms with Gasteiger partial charge in [0.15, 0.2) is 0 Å². The van der Waals surface area contributed by atoms with Gasteiger partial charge in [-0.2, -0.15) is 24.8 Å². The van der Waals surface area contributed by atoms with Gasteiger partial charge in [0.05, 0.1) is 17.5 Å². The Morgan fingerprint density at radius 3 is 2.70 bits per heavy atom. The van der Waals surface area contributed by atoms with Crippen LogP contribution in [0.3, 0.4) is 0 Å². The molecule has 0 bridgehead atoms. The number of carbonyl (C=O) groups excluding carboxylic acids is 1. The molecular formula is C13H16N4O3S3. The largest absolute Gasteiger partial charge is 0.339 e. The van der Waals surface area contributed by atoms with Crippen molar-refractivity contribution in [3.8, 4) is 0 Å². The van der Waals surface area contributed by atoms with Crippen LogP contribution in [0.4, 0.5) is 0 Å². The van der Waals surface area contributed by atoms with Gasteiger partial charge < -0.3 is 4.90 Å². The van der Waals surface area contributed by atoms with Crippen molar-refractivity contribution in [1.29, 1.82) is 0 Å². The zero-order valence-electron chi connectivity index (χ0n) is 12.5. The van der Waals surface area contributed by atoms with Gasteiger partial charge in [-0.15, -0.1) is 0 Å². The molecule has 1 aliphatic heterocycles. The number of aromatic nitrogens is 2. The molecule has 1 fully saturated rings. The molecule has 0 spiro atoms. The summed E-state index contributed by atoms with van der Waals surface area (Å²) in [6.07, 6.45) is 1.88. The number of hydrogen-bond donors (Lipinski definition) is 0. The molecule has 1 amide bonds. The lowest BCUT2D eigenvalue weighted by Crippen LogP contribution is -2.51. The van der Waals surface area contributed by atoms with Gasteiger partial charge in [-0.25, -0.2) is 8.42 Å². The zero-order valence-corrected chi connectivity index (χ0v) is 15.0. The fourth-order valence-electron chi connectivity index (χ4n) is 2.52. The number of fused-ring (bicyclic) bond motifs is 1. The Kier molecular flexibility index (Phi) is 4.85. The summed E-state index contributed by atoms with van der Waals surface area (Å²) in [5.74, 6) is 0.483. The molecule has 1 saturated heterocycles. The first-order valence-corrected chi connectivity index (χ1v) is 10.6. The van der Waals surface area contributed by atoms with Crippen LogP contribution in [0.2, 0.25) is 0 Å². The highest BCUT2D eigenvalue weighted by atomic mass is 32.2. The number of hydrogen-bond acceptors (Lipinski definition) is 7. The second-order valence-electron chi connectivity index (χ2n) is 5.11. The average Bonchev–Trinajstić information content (AvgIpc) is 3.03. The first-order chi connectivity index (χ1) is 11.0. The van der Waals surface area contributed by atoms with E-state index in [1.165, 1.54) is 16.1 Å². The molecular weight excluding hydrogens is 356 g/mol. The number of thioether (sulfide) groups is 1. The summed E-state index contributed by atoms with van der Waals surface area (Å²) in [4.78, 5) is 13.8. The topological polar surface area (TPSA) is 83.5 Å². The van der Waals surface area contributed by atoms with Crippen molar-refractivity contribution in [1.82, 2.24) is 18.0 Å². The quantitative estimate of drug-likeness (QED) is 0.792. The van der Waals surface area contributed by atoms with Crippen molar-refractivity contribution in [2.75, 3.05) is 38.2 Å². The Bertz CT molecular complexity index is 813. The molecule has 0 radical (unpaired) electrons. The van der Waals surface area contributed by atoms with Gasteiger partial charge in [0.25, 0.3) is 0 Å². The standard InChI is InChI=1S/C13H16N4O3S3/c1-21-9-12(18)16-5-7-17(8-6-16)23(19,20)11-4-2-3-10-13(11)15-22-14-10/h2-4H,5-9H2,1H3. The molecule has 1 aromatic heterocycles. The molecule has 124 valence electrons. The average molecular weight is 372 g/mol. The molecule has 10 heteroatoms. The molecule has 1 aliphatic rings. The lowest BCUT2D eigenvalue weighted by atomic mass is 10.3. The molecule has 2 heterocycles. The summed E-state index contributed by atoms with van der Waals surface area (Å²) < 4.78 is 35.3. The molecule has 0 N–H and O–H groups in total. The summed E-state index contributed by atoms with van der Waals surface area (Å²) in [6, 6.07) is 4.98. The number of amides is 1. The van der Waals surface area contributed by atoms with Gasteiger partial charge in [-0.05, 0) is 18.4 Å². The second-order valence-corrected chi connectivity index (χ2v) is 8.41. The lowest BCUT2D eigenvalue weighted by Gasteiger charge is -2.33. The summed E-state index contributed by atoms with van der Waals surface area (Å²) in [5, 5.41) is 0. The molecule has 2 aromatic rings. The molecule has 1 aromatic carbocycles. The van der Waals surface area contributed by atoms with E-state index in [2.05, 4.69) is 8.75 Å². The van der Waals surface area contributed by atoms with Crippen LogP contribution in [0.1, 0.15) is 0 Å². The lowest BCUT2D eigenvalue weighted by molar-refractivity contribution is -0.129. The van der Waals surface area contributed by atoms with Crippen molar-refractivity contribution >= 4 is 50.5 Å². The van der Waals surface area contributed by atoms with Crippen molar-refractivity contribution < 1.29 is 13.2 Å². The third-order valence-electron chi connectivity index (χ3n) is 3.73. The Labute approximate surface area is 143 Å². The van der Waals surface area contributed by atoms with E-state index in [4.69, 9.17) is 0 Å². The van der Waals surface area contributed by atoms with E-state index < -0.39 is 10.0 Å². The van der Waals surface area contributed by atoms with E-state index in [1.807, 2.05) is 6.26 Å². The zero-order chi connectivity index (χ0) is 16.4. The van der Waals surface area contributed by atoms with Crippen LogP contribution >= 0.6 is 23.5 Å². The number of carbonyl (C=O) groups is 1. The van der Waals surface area contributed by atoms with Crippen LogP contribution in [-0.2, 0) is 14.8 Å². The van der Waals surface area contributed by atoms with Crippen molar-refractivity contribution in [3.63, 3.8) is 0 Å². The fourth-order valence-corrected chi connectivity index (χ4v) is 5.13. The minimum Gasteiger partial charge on any atom is -0.339 e. The Balaban J connectivity index is 1.80. The van der Waals surface area contributed by atoms with Crippen molar-refractivity contribution in [2.45, 2.75) is 4.90 Å². The second kappa shape index (κ2) is 6.71. The van der Waals surface area contributed by atoms with E-state index in [0.29, 0.717) is 43.0 Å². The highest BCUT2D eigenvalue weighted by Gasteiger charge is 2.31. The van der Waals surface area contributed by atoms with E-state index in [-0.39, 0.29) is 10.8 Å². The van der Waals surface area contributed by atoms with Gasteiger partial charge in [-0.3, -0.25) is 4.79 Å². The molecule has 3 rings (SSSR count). The van der Waals surface area contributed by atoms with Gasteiger partial charge >= 0.3 is 0 Å². The first kappa shape index (κ1) is 16.6. The maximum absolute atomic E-state index is 12.9. The number of nitrogens with zero attached hydrogens (tertiary/aromatic N) is 4. The Hall–Kier alpha value is -1.23. The normalized spacial score (nSPS) is 16.8. The smallest absolute Gasteiger partial charge is 0.245 e. The SMILES string of the molecule is CSCC(=O)N1CCN(S(=O)(=O)c2cccc3nsnc23)CC1. The molecule has 0 aliphatic carbocycles. The summed E-state index contributed by atoms with van der Waals surface area (Å²) >= 11 is 2.47. The van der Waals surface area contributed by atoms with Crippen LogP contribution in [0, 0.1) is 0 Å². The molecule has 23 heavy (non-hydrogen) atoms. The van der Waals surface area contributed by atoms with Crippen molar-refractivity contribution in [2.24, 2.45) is 0 Å². The van der Waals surface area contributed by atoms with Crippen LogP contribution < -0.4 is 0 Å². The van der Waals surface area contributed by atoms with E-state index in [1.54, 1.807) is 23.1 Å². The number of sulfonamides is 1. The van der Waals surface area contributed by atoms with Crippen molar-refractivity contribution in [3.05, 3.63) is 18.2 Å². The van der Waals surface area contributed by atoms with E-state index >= 15 is 0 Å².